The third kappa shape index (κ3) is 9.53. The third-order valence-electron chi connectivity index (χ3n) is 3.85. The average molecular weight is 414 g/mol. The van der Waals surface area contributed by atoms with Crippen molar-refractivity contribution in [2.75, 3.05) is 0 Å². The van der Waals surface area contributed by atoms with Gasteiger partial charge < -0.3 is 32.3 Å². The molecular formula is C17H30N6O6. The Morgan fingerprint density at radius 2 is 0.759 bits per heavy atom. The minimum Gasteiger partial charge on any atom is -0.368 e. The fourth-order valence-electron chi connectivity index (χ4n) is 1.99. The van der Waals surface area contributed by atoms with Crippen molar-refractivity contribution >= 4 is 35.4 Å². The third-order valence-corrected chi connectivity index (χ3v) is 3.85. The summed E-state index contributed by atoms with van der Waals surface area (Å²) in [6.45, 7) is 8.35. The van der Waals surface area contributed by atoms with E-state index in [0.29, 0.717) is 0 Å². The van der Waals surface area contributed by atoms with Gasteiger partial charge in [-0.25, -0.2) is 0 Å². The first-order chi connectivity index (χ1) is 13.3. The molecule has 12 nitrogen and oxygen atoms in total. The van der Waals surface area contributed by atoms with Crippen molar-refractivity contribution in [1.29, 1.82) is 0 Å². The van der Waals surface area contributed by atoms with Crippen molar-refractivity contribution in [3.8, 4) is 0 Å². The van der Waals surface area contributed by atoms with E-state index in [4.69, 9.17) is 5.73 Å². The number of nitrogens with two attached hydrogens (primary N) is 1. The zero-order chi connectivity index (χ0) is 22.9. The van der Waals surface area contributed by atoms with Crippen molar-refractivity contribution in [3.63, 3.8) is 0 Å². The molecule has 0 aromatic heterocycles. The minimum atomic E-state index is -1.00. The first-order valence-electron chi connectivity index (χ1n) is 9.04. The summed E-state index contributed by atoms with van der Waals surface area (Å²) >= 11 is 0. The standard InChI is InChI=1S/C17H30N6O6/c1-7(13(18)25)20-15(27)9(3)22-17(29)11(5)23-16(28)10(4)21-14(26)8(2)19-12(6)24/h7-11H,1-6H3,(H2,18,25)(H,19,24)(H,20,27)(H,21,26)(H,22,29)(H,23,28)/t7-,8-,9-,10-,11-/m0/s1. The van der Waals surface area contributed by atoms with Crippen LogP contribution in [0.4, 0.5) is 0 Å². The summed E-state index contributed by atoms with van der Waals surface area (Å²) < 4.78 is 0. The monoisotopic (exact) mass is 414 g/mol. The molecule has 0 aliphatic heterocycles. The summed E-state index contributed by atoms with van der Waals surface area (Å²) in [5, 5.41) is 11.9. The van der Waals surface area contributed by atoms with Gasteiger partial charge in [-0.2, -0.15) is 0 Å². The molecule has 0 aliphatic carbocycles. The van der Waals surface area contributed by atoms with Crippen molar-refractivity contribution in [2.45, 2.75) is 71.8 Å². The number of hydrogen-bond donors (Lipinski definition) is 6. The van der Waals surface area contributed by atoms with Crippen LogP contribution in [0.25, 0.3) is 0 Å². The second-order valence-corrected chi connectivity index (χ2v) is 6.75. The molecular weight excluding hydrogens is 384 g/mol. The van der Waals surface area contributed by atoms with Gasteiger partial charge in [0.05, 0.1) is 0 Å². The highest BCUT2D eigenvalue weighted by atomic mass is 16.2. The number of carbonyl (C=O) groups is 6. The molecule has 164 valence electrons. The van der Waals surface area contributed by atoms with E-state index < -0.39 is 65.7 Å². The second kappa shape index (κ2) is 11.6. The number of rotatable bonds is 10. The molecule has 0 spiro atoms. The van der Waals surface area contributed by atoms with Gasteiger partial charge in [0.15, 0.2) is 0 Å². The molecule has 6 amide bonds. The smallest absolute Gasteiger partial charge is 0.242 e. The molecule has 0 aliphatic rings. The molecule has 0 aromatic rings. The van der Waals surface area contributed by atoms with Crippen LogP contribution in [0.2, 0.25) is 0 Å². The quantitative estimate of drug-likeness (QED) is 0.221. The predicted molar refractivity (Wildman–Crippen MR) is 103 cm³/mol. The van der Waals surface area contributed by atoms with Crippen molar-refractivity contribution in [3.05, 3.63) is 0 Å². The normalized spacial score (nSPS) is 15.5. The number of nitrogens with one attached hydrogen (secondary N) is 5. The first-order valence-corrected chi connectivity index (χ1v) is 9.04. The Kier molecular flexibility index (Phi) is 10.3. The molecule has 7 N–H and O–H groups in total. The lowest BCUT2D eigenvalue weighted by Gasteiger charge is -2.22. The molecule has 0 saturated carbocycles. The minimum absolute atomic E-state index is 0.390. The SMILES string of the molecule is CC(=O)N[C@@H](C)C(=O)N[C@@H](C)C(=O)N[C@@H](C)C(=O)N[C@@H](C)C(=O)N[C@@H](C)C(N)=O. The Morgan fingerprint density at radius 3 is 1.00 bits per heavy atom. The van der Waals surface area contributed by atoms with Crippen LogP contribution in [0.5, 0.6) is 0 Å². The maximum atomic E-state index is 12.2. The topological polar surface area (TPSA) is 189 Å². The Labute approximate surface area is 169 Å². The molecule has 0 fully saturated rings. The molecule has 0 unspecified atom stereocenters. The molecule has 0 radical (unpaired) electrons. The first kappa shape index (κ1) is 25.8. The van der Waals surface area contributed by atoms with Crippen LogP contribution in [0.15, 0.2) is 0 Å². The summed E-state index contributed by atoms with van der Waals surface area (Å²) in [5.41, 5.74) is 5.05. The van der Waals surface area contributed by atoms with Gasteiger partial charge in [-0.15, -0.1) is 0 Å². The van der Waals surface area contributed by atoms with Gasteiger partial charge >= 0.3 is 0 Å². The lowest BCUT2D eigenvalue weighted by Crippen LogP contribution is -2.56. The molecule has 0 heterocycles. The lowest BCUT2D eigenvalue weighted by molar-refractivity contribution is -0.134. The maximum Gasteiger partial charge on any atom is 0.242 e. The van der Waals surface area contributed by atoms with Crippen LogP contribution in [0.1, 0.15) is 41.5 Å². The average Bonchev–Trinajstić information content (AvgIpc) is 2.60. The molecule has 12 heteroatoms. The summed E-state index contributed by atoms with van der Waals surface area (Å²) in [7, 11) is 0. The zero-order valence-electron chi connectivity index (χ0n) is 17.4. The van der Waals surface area contributed by atoms with E-state index in [1.807, 2.05) is 0 Å². The number of hydrogen-bond acceptors (Lipinski definition) is 6. The van der Waals surface area contributed by atoms with Crippen LogP contribution in [0, 0.1) is 0 Å². The van der Waals surface area contributed by atoms with Crippen LogP contribution in [0.3, 0.4) is 0 Å². The van der Waals surface area contributed by atoms with Crippen LogP contribution < -0.4 is 32.3 Å². The Morgan fingerprint density at radius 1 is 0.517 bits per heavy atom. The number of amides is 6. The van der Waals surface area contributed by atoms with Gasteiger partial charge in [-0.3, -0.25) is 28.8 Å². The zero-order valence-corrected chi connectivity index (χ0v) is 17.4. The van der Waals surface area contributed by atoms with E-state index in [1.165, 1.54) is 41.5 Å². The number of primary amides is 1. The summed E-state index contributed by atoms with van der Waals surface area (Å²) in [4.78, 5) is 70.1. The highest BCUT2D eigenvalue weighted by Gasteiger charge is 2.25. The molecule has 29 heavy (non-hydrogen) atoms. The van der Waals surface area contributed by atoms with Gasteiger partial charge in [0.25, 0.3) is 0 Å². The Hall–Kier alpha value is -3.18. The maximum absolute atomic E-state index is 12.2. The highest BCUT2D eigenvalue weighted by Crippen LogP contribution is 1.93. The van der Waals surface area contributed by atoms with Gasteiger partial charge in [0.1, 0.15) is 30.2 Å². The van der Waals surface area contributed by atoms with Crippen LogP contribution >= 0.6 is 0 Å². The van der Waals surface area contributed by atoms with E-state index in [9.17, 15) is 28.8 Å². The predicted octanol–water partition coefficient (Wildman–Crippen LogP) is -2.98. The molecule has 5 atom stereocenters. The fourth-order valence-corrected chi connectivity index (χ4v) is 1.99. The van der Waals surface area contributed by atoms with E-state index in [0.717, 1.165) is 0 Å². The largest absolute Gasteiger partial charge is 0.368 e. The summed E-state index contributed by atoms with van der Waals surface area (Å²) in [6.07, 6.45) is 0. The lowest BCUT2D eigenvalue weighted by atomic mass is 10.2. The van der Waals surface area contributed by atoms with Crippen molar-refractivity contribution in [2.24, 2.45) is 5.73 Å². The molecule has 0 saturated heterocycles. The summed E-state index contributed by atoms with van der Waals surface area (Å²) in [6, 6.07) is -4.67. The Balaban J connectivity index is 4.60. The highest BCUT2D eigenvalue weighted by molar-refractivity contribution is 5.95. The number of carbonyl (C=O) groups excluding carboxylic acids is 6. The van der Waals surface area contributed by atoms with E-state index >= 15 is 0 Å². The van der Waals surface area contributed by atoms with Gasteiger partial charge in [-0.1, -0.05) is 0 Å². The van der Waals surface area contributed by atoms with E-state index in [2.05, 4.69) is 26.6 Å². The molecule has 0 aromatic carbocycles. The molecule has 0 rings (SSSR count). The van der Waals surface area contributed by atoms with Gasteiger partial charge in [0.2, 0.25) is 35.4 Å². The van der Waals surface area contributed by atoms with Gasteiger partial charge in [-0.05, 0) is 34.6 Å². The van der Waals surface area contributed by atoms with E-state index in [1.54, 1.807) is 0 Å². The molecule has 0 bridgehead atoms. The second-order valence-electron chi connectivity index (χ2n) is 6.75. The van der Waals surface area contributed by atoms with Crippen molar-refractivity contribution in [1.82, 2.24) is 26.6 Å². The van der Waals surface area contributed by atoms with Crippen LogP contribution in [-0.4, -0.2) is 65.7 Å². The summed E-state index contributed by atoms with van der Waals surface area (Å²) in [5.74, 6) is -3.56. The van der Waals surface area contributed by atoms with Gasteiger partial charge in [0, 0.05) is 6.92 Å². The van der Waals surface area contributed by atoms with Crippen LogP contribution in [-0.2, 0) is 28.8 Å². The van der Waals surface area contributed by atoms with E-state index in [-0.39, 0.29) is 0 Å². The Bertz CT molecular complexity index is 667. The fraction of sp³-hybridized carbons (Fsp3) is 0.647. The van der Waals surface area contributed by atoms with Crippen molar-refractivity contribution < 1.29 is 28.8 Å².